The number of anilines is 1. The van der Waals surface area contributed by atoms with Gasteiger partial charge < -0.3 is 4.90 Å². The van der Waals surface area contributed by atoms with Crippen LogP contribution >= 0.6 is 0 Å². The number of aliphatic imine (C=N–C) groups is 1. The third-order valence-corrected chi connectivity index (χ3v) is 10.3. The molecule has 0 spiro atoms. The standard InChI is InChI=1S/C45H34N2/c1-2-30-23-26-42-41(27-30)46-45(47(42)36-17-4-3-5-18-36)35-16-12-15-33(29-35)43-37-19-8-10-21-39(37)44(40-22-11-9-20-38(40)43)34-25-24-31-13-6-7-14-32(31)28-34/h1,3-22,24-25,28-30,41-42H,23,26-27H2. The van der Waals surface area contributed by atoms with E-state index in [9.17, 15) is 0 Å². The van der Waals surface area contributed by atoms with Crippen molar-refractivity contribution < 1.29 is 0 Å². The van der Waals surface area contributed by atoms with Gasteiger partial charge in [-0.3, -0.25) is 4.99 Å². The summed E-state index contributed by atoms with van der Waals surface area (Å²) in [6.07, 6.45) is 8.95. The van der Waals surface area contributed by atoms with E-state index >= 15 is 0 Å². The van der Waals surface area contributed by atoms with Crippen molar-refractivity contribution in [2.24, 2.45) is 10.9 Å². The van der Waals surface area contributed by atoms with Crippen molar-refractivity contribution in [3.8, 4) is 34.6 Å². The monoisotopic (exact) mass is 602 g/mol. The van der Waals surface area contributed by atoms with Crippen molar-refractivity contribution in [1.29, 1.82) is 0 Å². The maximum Gasteiger partial charge on any atom is 0.136 e. The average molecular weight is 603 g/mol. The van der Waals surface area contributed by atoms with E-state index in [4.69, 9.17) is 11.4 Å². The van der Waals surface area contributed by atoms with Crippen LogP contribution in [0.4, 0.5) is 5.69 Å². The van der Waals surface area contributed by atoms with Crippen LogP contribution < -0.4 is 4.90 Å². The van der Waals surface area contributed by atoms with Gasteiger partial charge in [-0.1, -0.05) is 121 Å². The second-order valence-electron chi connectivity index (χ2n) is 13.0. The van der Waals surface area contributed by atoms with E-state index in [0.29, 0.717) is 12.0 Å². The van der Waals surface area contributed by atoms with Crippen molar-refractivity contribution in [2.45, 2.75) is 31.3 Å². The molecule has 2 heteroatoms. The van der Waals surface area contributed by atoms with Crippen LogP contribution in [0.2, 0.25) is 0 Å². The zero-order chi connectivity index (χ0) is 31.3. The molecule has 0 saturated heterocycles. The molecule has 1 aliphatic carbocycles. The smallest absolute Gasteiger partial charge is 0.136 e. The van der Waals surface area contributed by atoms with Crippen LogP contribution in [0.3, 0.4) is 0 Å². The fourth-order valence-electron chi connectivity index (χ4n) is 8.12. The summed E-state index contributed by atoms with van der Waals surface area (Å²) in [7, 11) is 0. The molecule has 0 aromatic heterocycles. The number of benzene rings is 7. The molecule has 7 aromatic carbocycles. The molecule has 47 heavy (non-hydrogen) atoms. The van der Waals surface area contributed by atoms with E-state index < -0.39 is 0 Å². The second-order valence-corrected chi connectivity index (χ2v) is 13.0. The number of terminal acetylenes is 1. The Labute approximate surface area is 276 Å². The molecule has 1 heterocycles. The lowest BCUT2D eigenvalue weighted by Gasteiger charge is -2.35. The van der Waals surface area contributed by atoms with Crippen LogP contribution in [0.25, 0.3) is 54.6 Å². The minimum Gasteiger partial charge on any atom is -0.321 e. The lowest BCUT2D eigenvalue weighted by Crippen LogP contribution is -2.43. The second kappa shape index (κ2) is 11.3. The van der Waals surface area contributed by atoms with Gasteiger partial charge in [-0.05, 0) is 98.1 Å². The molecular weight excluding hydrogens is 569 g/mol. The summed E-state index contributed by atoms with van der Waals surface area (Å²) in [5, 5.41) is 7.54. The lowest BCUT2D eigenvalue weighted by atomic mass is 9.83. The van der Waals surface area contributed by atoms with Crippen LogP contribution in [0, 0.1) is 18.3 Å². The minimum atomic E-state index is 0.201. The molecule has 7 aromatic rings. The van der Waals surface area contributed by atoms with Crippen molar-refractivity contribution in [1.82, 2.24) is 0 Å². The van der Waals surface area contributed by atoms with Crippen LogP contribution in [-0.4, -0.2) is 17.9 Å². The third kappa shape index (κ3) is 4.62. The third-order valence-electron chi connectivity index (χ3n) is 10.3. The Morgan fingerprint density at radius 1 is 0.553 bits per heavy atom. The average Bonchev–Trinajstić information content (AvgIpc) is 3.53. The molecule has 2 aliphatic rings. The number of hydrogen-bond donors (Lipinski definition) is 0. The quantitative estimate of drug-likeness (QED) is 0.145. The fourth-order valence-corrected chi connectivity index (χ4v) is 8.12. The Hall–Kier alpha value is -5.65. The van der Waals surface area contributed by atoms with Crippen LogP contribution in [-0.2, 0) is 0 Å². The van der Waals surface area contributed by atoms with Gasteiger partial charge >= 0.3 is 0 Å². The molecule has 9 rings (SSSR count). The van der Waals surface area contributed by atoms with Gasteiger partial charge in [0, 0.05) is 17.2 Å². The Kier molecular flexibility index (Phi) is 6.65. The van der Waals surface area contributed by atoms with E-state index in [1.54, 1.807) is 0 Å². The molecular formula is C45H34N2. The van der Waals surface area contributed by atoms with Gasteiger partial charge in [0.05, 0.1) is 12.1 Å². The van der Waals surface area contributed by atoms with E-state index in [2.05, 4.69) is 156 Å². The van der Waals surface area contributed by atoms with Crippen LogP contribution in [0.15, 0.2) is 151 Å². The van der Waals surface area contributed by atoms with Crippen LogP contribution in [0.1, 0.15) is 24.8 Å². The number of nitrogens with zero attached hydrogens (tertiary/aromatic N) is 2. The van der Waals surface area contributed by atoms with Gasteiger partial charge in [-0.25, -0.2) is 0 Å². The zero-order valence-electron chi connectivity index (χ0n) is 26.2. The molecule has 0 bridgehead atoms. The summed E-state index contributed by atoms with van der Waals surface area (Å²) in [5.41, 5.74) is 7.32. The van der Waals surface area contributed by atoms with Crippen molar-refractivity contribution in [3.63, 3.8) is 0 Å². The maximum atomic E-state index is 5.91. The summed E-state index contributed by atoms with van der Waals surface area (Å²) in [5.74, 6) is 4.37. The lowest BCUT2D eigenvalue weighted by molar-refractivity contribution is 0.353. The largest absolute Gasteiger partial charge is 0.321 e. The van der Waals surface area contributed by atoms with Crippen molar-refractivity contribution >= 4 is 43.8 Å². The van der Waals surface area contributed by atoms with Gasteiger partial charge in [0.2, 0.25) is 0 Å². The summed E-state index contributed by atoms with van der Waals surface area (Å²) in [4.78, 5) is 7.90. The van der Waals surface area contributed by atoms with Gasteiger partial charge in [0.25, 0.3) is 0 Å². The Bertz CT molecular complexity index is 2320. The SMILES string of the molecule is C#CC1CCC2C(C1)N=C(c1cccc(-c3c4ccccc4c(-c4ccc5ccccc5c4)c4ccccc34)c1)N2c1ccccc1. The normalized spacial score (nSPS) is 19.1. The number of amidine groups is 1. The first kappa shape index (κ1) is 27.6. The molecule has 0 amide bonds. The van der Waals surface area contributed by atoms with Crippen LogP contribution in [0.5, 0.6) is 0 Å². The highest BCUT2D eigenvalue weighted by molar-refractivity contribution is 6.22. The van der Waals surface area contributed by atoms with E-state index in [1.807, 2.05) is 0 Å². The number of hydrogen-bond acceptors (Lipinski definition) is 2. The Balaban J connectivity index is 1.24. The molecule has 1 saturated carbocycles. The molecule has 0 N–H and O–H groups in total. The molecule has 3 unspecified atom stereocenters. The van der Waals surface area contributed by atoms with Gasteiger partial charge in [0.1, 0.15) is 5.84 Å². The Morgan fingerprint density at radius 2 is 1.15 bits per heavy atom. The predicted molar refractivity (Wildman–Crippen MR) is 199 cm³/mol. The van der Waals surface area contributed by atoms with Crippen molar-refractivity contribution in [3.05, 3.63) is 151 Å². The minimum absolute atomic E-state index is 0.201. The van der Waals surface area contributed by atoms with E-state index in [1.165, 1.54) is 60.3 Å². The summed E-state index contributed by atoms with van der Waals surface area (Å²) >= 11 is 0. The first-order valence-corrected chi connectivity index (χ1v) is 16.7. The van der Waals surface area contributed by atoms with Gasteiger partial charge in [0.15, 0.2) is 0 Å². The Morgan fingerprint density at radius 3 is 1.83 bits per heavy atom. The highest BCUT2D eigenvalue weighted by Crippen LogP contribution is 2.45. The number of fused-ring (bicyclic) bond motifs is 4. The van der Waals surface area contributed by atoms with E-state index in [-0.39, 0.29) is 6.04 Å². The number of rotatable bonds is 4. The fraction of sp³-hybridized carbons (Fsp3) is 0.133. The topological polar surface area (TPSA) is 15.6 Å². The predicted octanol–water partition coefficient (Wildman–Crippen LogP) is 10.9. The molecule has 3 atom stereocenters. The maximum absolute atomic E-state index is 5.91. The molecule has 1 aliphatic heterocycles. The first-order valence-electron chi connectivity index (χ1n) is 16.7. The van der Waals surface area contributed by atoms with E-state index in [0.717, 1.165) is 30.7 Å². The molecule has 0 radical (unpaired) electrons. The molecule has 224 valence electrons. The van der Waals surface area contributed by atoms with Gasteiger partial charge in [-0.2, -0.15) is 0 Å². The van der Waals surface area contributed by atoms with Gasteiger partial charge in [-0.15, -0.1) is 12.3 Å². The summed E-state index contributed by atoms with van der Waals surface area (Å²) < 4.78 is 0. The highest BCUT2D eigenvalue weighted by Gasteiger charge is 2.41. The summed E-state index contributed by atoms with van der Waals surface area (Å²) in [6, 6.07) is 53.6. The zero-order valence-corrected chi connectivity index (χ0v) is 26.2. The molecule has 1 fully saturated rings. The molecule has 2 nitrogen and oxygen atoms in total. The first-order chi connectivity index (χ1) is 23.3. The number of para-hydroxylation sites is 1. The van der Waals surface area contributed by atoms with Crippen molar-refractivity contribution in [2.75, 3.05) is 4.90 Å². The highest BCUT2D eigenvalue weighted by atomic mass is 15.3. The summed E-state index contributed by atoms with van der Waals surface area (Å²) in [6.45, 7) is 0.